The molecule has 0 fully saturated rings. The van der Waals surface area contributed by atoms with Gasteiger partial charge in [0.2, 0.25) is 11.8 Å². The van der Waals surface area contributed by atoms with Gasteiger partial charge in [-0.15, -0.1) is 11.8 Å². The van der Waals surface area contributed by atoms with Crippen LogP contribution in [0.5, 0.6) is 0 Å². The largest absolute Gasteiger partial charge is 0.355 e. The molecule has 0 radical (unpaired) electrons. The van der Waals surface area contributed by atoms with Crippen molar-refractivity contribution in [2.24, 2.45) is 0 Å². The molecule has 110 valence electrons. The van der Waals surface area contributed by atoms with Crippen LogP contribution < -0.4 is 10.6 Å². The number of rotatable bonds is 7. The third kappa shape index (κ3) is 7.19. The molecular weight excluding hydrogens is 272 g/mol. The molecule has 5 heteroatoms. The lowest BCUT2D eigenvalue weighted by Crippen LogP contribution is -2.34. The Bertz CT molecular complexity index is 444. The van der Waals surface area contributed by atoms with Crippen LogP contribution in [0.1, 0.15) is 26.3 Å². The maximum absolute atomic E-state index is 11.7. The fourth-order valence-electron chi connectivity index (χ4n) is 1.65. The number of benzene rings is 1. The van der Waals surface area contributed by atoms with Crippen LogP contribution in [0.2, 0.25) is 0 Å². The van der Waals surface area contributed by atoms with Gasteiger partial charge in [-0.25, -0.2) is 0 Å². The van der Waals surface area contributed by atoms with E-state index in [1.165, 1.54) is 11.8 Å². The lowest BCUT2D eigenvalue weighted by atomic mass is 10.1. The van der Waals surface area contributed by atoms with Gasteiger partial charge in [0.1, 0.15) is 0 Å². The molecule has 0 aromatic heterocycles. The fourth-order valence-corrected chi connectivity index (χ4v) is 2.48. The Hall–Kier alpha value is -1.49. The first-order valence-corrected chi connectivity index (χ1v) is 7.62. The molecular formula is C15H22N2O2S. The van der Waals surface area contributed by atoms with Crippen LogP contribution in [0, 0.1) is 0 Å². The summed E-state index contributed by atoms with van der Waals surface area (Å²) >= 11 is 1.80. The van der Waals surface area contributed by atoms with Gasteiger partial charge in [-0.05, 0) is 17.7 Å². The normalized spacial score (nSPS) is 10.4. The van der Waals surface area contributed by atoms with E-state index in [0.717, 1.165) is 5.56 Å². The lowest BCUT2D eigenvalue weighted by molar-refractivity contribution is -0.121. The SMILES string of the molecule is CC(=O)NCCNC(=O)Cc1ccc(SC(C)C)cc1. The zero-order valence-electron chi connectivity index (χ0n) is 12.2. The quantitative estimate of drug-likeness (QED) is 0.597. The Balaban J connectivity index is 2.32. The molecule has 0 heterocycles. The first-order chi connectivity index (χ1) is 9.47. The van der Waals surface area contributed by atoms with Crippen molar-refractivity contribution in [2.75, 3.05) is 13.1 Å². The molecule has 0 atom stereocenters. The molecule has 4 nitrogen and oxygen atoms in total. The number of carbonyl (C=O) groups is 2. The molecule has 0 aliphatic heterocycles. The van der Waals surface area contributed by atoms with E-state index in [-0.39, 0.29) is 11.8 Å². The van der Waals surface area contributed by atoms with Gasteiger partial charge in [-0.2, -0.15) is 0 Å². The Morgan fingerprint density at radius 3 is 2.25 bits per heavy atom. The zero-order chi connectivity index (χ0) is 15.0. The standard InChI is InChI=1S/C15H22N2O2S/c1-11(2)20-14-6-4-13(5-7-14)10-15(19)17-9-8-16-12(3)18/h4-7,11H,8-10H2,1-3H3,(H,16,18)(H,17,19). The highest BCUT2D eigenvalue weighted by Gasteiger charge is 2.04. The van der Waals surface area contributed by atoms with E-state index < -0.39 is 0 Å². The Morgan fingerprint density at radius 1 is 1.10 bits per heavy atom. The summed E-state index contributed by atoms with van der Waals surface area (Å²) in [4.78, 5) is 23.6. The second kappa shape index (κ2) is 8.64. The van der Waals surface area contributed by atoms with Crippen LogP contribution in [0.4, 0.5) is 0 Å². The van der Waals surface area contributed by atoms with E-state index in [9.17, 15) is 9.59 Å². The van der Waals surface area contributed by atoms with E-state index >= 15 is 0 Å². The van der Waals surface area contributed by atoms with E-state index in [0.29, 0.717) is 24.8 Å². The van der Waals surface area contributed by atoms with E-state index in [4.69, 9.17) is 0 Å². The van der Waals surface area contributed by atoms with E-state index in [1.807, 2.05) is 24.3 Å². The fraction of sp³-hybridized carbons (Fsp3) is 0.467. The Morgan fingerprint density at radius 2 is 1.70 bits per heavy atom. The molecule has 0 bridgehead atoms. The highest BCUT2D eigenvalue weighted by Crippen LogP contribution is 2.22. The summed E-state index contributed by atoms with van der Waals surface area (Å²) in [6, 6.07) is 8.06. The number of hydrogen-bond donors (Lipinski definition) is 2. The van der Waals surface area contributed by atoms with Crippen molar-refractivity contribution in [3.8, 4) is 0 Å². The predicted molar refractivity (Wildman–Crippen MR) is 82.8 cm³/mol. The lowest BCUT2D eigenvalue weighted by Gasteiger charge is -2.07. The molecule has 2 N–H and O–H groups in total. The third-order valence-corrected chi connectivity index (χ3v) is 3.50. The summed E-state index contributed by atoms with van der Waals surface area (Å²) in [7, 11) is 0. The highest BCUT2D eigenvalue weighted by molar-refractivity contribution is 7.99. The molecule has 0 aliphatic rings. The number of carbonyl (C=O) groups excluding carboxylic acids is 2. The van der Waals surface area contributed by atoms with Crippen LogP contribution in [0.25, 0.3) is 0 Å². The van der Waals surface area contributed by atoms with Crippen molar-refractivity contribution < 1.29 is 9.59 Å². The van der Waals surface area contributed by atoms with Crippen LogP contribution >= 0.6 is 11.8 Å². The molecule has 0 unspecified atom stereocenters. The van der Waals surface area contributed by atoms with E-state index in [2.05, 4.69) is 24.5 Å². The summed E-state index contributed by atoms with van der Waals surface area (Å²) in [6.07, 6.45) is 0.368. The minimum Gasteiger partial charge on any atom is -0.355 e. The van der Waals surface area contributed by atoms with Crippen molar-refractivity contribution in [1.82, 2.24) is 10.6 Å². The first kappa shape index (κ1) is 16.6. The van der Waals surface area contributed by atoms with Crippen molar-refractivity contribution in [1.29, 1.82) is 0 Å². The Kier molecular flexibility index (Phi) is 7.15. The van der Waals surface area contributed by atoms with Gasteiger partial charge >= 0.3 is 0 Å². The van der Waals surface area contributed by atoms with Crippen molar-refractivity contribution in [2.45, 2.75) is 37.3 Å². The summed E-state index contributed by atoms with van der Waals surface area (Å²) in [5.41, 5.74) is 0.995. The van der Waals surface area contributed by atoms with Gasteiger partial charge in [0.25, 0.3) is 0 Å². The smallest absolute Gasteiger partial charge is 0.224 e. The topological polar surface area (TPSA) is 58.2 Å². The molecule has 2 amide bonds. The van der Waals surface area contributed by atoms with Crippen molar-refractivity contribution in [3.63, 3.8) is 0 Å². The average Bonchev–Trinajstić information content (AvgIpc) is 2.36. The monoisotopic (exact) mass is 294 g/mol. The van der Waals surface area contributed by atoms with Gasteiger partial charge in [-0.3, -0.25) is 9.59 Å². The molecule has 1 aromatic rings. The number of hydrogen-bond acceptors (Lipinski definition) is 3. The average molecular weight is 294 g/mol. The number of amides is 2. The van der Waals surface area contributed by atoms with Gasteiger partial charge in [0.05, 0.1) is 6.42 Å². The minimum atomic E-state index is -0.0857. The van der Waals surface area contributed by atoms with Crippen molar-refractivity contribution in [3.05, 3.63) is 29.8 Å². The predicted octanol–water partition coefficient (Wildman–Crippen LogP) is 1.98. The molecule has 0 saturated heterocycles. The molecule has 1 aromatic carbocycles. The summed E-state index contributed by atoms with van der Waals surface area (Å²) < 4.78 is 0. The minimum absolute atomic E-state index is 0.0281. The zero-order valence-corrected chi connectivity index (χ0v) is 13.0. The molecule has 0 spiro atoms. The highest BCUT2D eigenvalue weighted by atomic mass is 32.2. The van der Waals surface area contributed by atoms with Gasteiger partial charge in [-0.1, -0.05) is 26.0 Å². The molecule has 0 aliphatic carbocycles. The summed E-state index contributed by atoms with van der Waals surface area (Å²) in [5, 5.41) is 5.96. The summed E-state index contributed by atoms with van der Waals surface area (Å²) in [6.45, 7) is 6.69. The second-order valence-electron chi connectivity index (χ2n) is 4.82. The Labute approximate surface area is 124 Å². The third-order valence-electron chi connectivity index (χ3n) is 2.48. The van der Waals surface area contributed by atoms with Crippen LogP contribution in [0.15, 0.2) is 29.2 Å². The van der Waals surface area contributed by atoms with Gasteiger partial charge in [0.15, 0.2) is 0 Å². The number of nitrogens with one attached hydrogen (secondary N) is 2. The number of thioether (sulfide) groups is 1. The van der Waals surface area contributed by atoms with Crippen LogP contribution in [-0.2, 0) is 16.0 Å². The van der Waals surface area contributed by atoms with Crippen molar-refractivity contribution >= 4 is 23.6 Å². The summed E-state index contributed by atoms with van der Waals surface area (Å²) in [5.74, 6) is -0.114. The van der Waals surface area contributed by atoms with E-state index in [1.54, 1.807) is 11.8 Å². The van der Waals surface area contributed by atoms with Crippen LogP contribution in [0.3, 0.4) is 0 Å². The second-order valence-corrected chi connectivity index (χ2v) is 6.47. The van der Waals surface area contributed by atoms with Gasteiger partial charge < -0.3 is 10.6 Å². The first-order valence-electron chi connectivity index (χ1n) is 6.74. The maximum Gasteiger partial charge on any atom is 0.224 e. The van der Waals surface area contributed by atoms with Gasteiger partial charge in [0, 0.05) is 30.2 Å². The van der Waals surface area contributed by atoms with Crippen LogP contribution in [-0.4, -0.2) is 30.2 Å². The maximum atomic E-state index is 11.7. The molecule has 1 rings (SSSR count). The molecule has 0 saturated carbocycles. The molecule has 20 heavy (non-hydrogen) atoms.